The molecular weight excluding hydrogens is 547 g/mol. The number of hydrogen-bond donors (Lipinski definition) is 0. The highest BCUT2D eigenvalue weighted by Crippen LogP contribution is 2.42. The van der Waals surface area contributed by atoms with Crippen LogP contribution in [0.15, 0.2) is 144 Å². The highest BCUT2D eigenvalue weighted by atomic mass is 16.7. The third-order valence-corrected chi connectivity index (χ3v) is 9.95. The van der Waals surface area contributed by atoms with Crippen LogP contribution in [0.4, 0.5) is 0 Å². The van der Waals surface area contributed by atoms with Gasteiger partial charge in [0, 0.05) is 0 Å². The SMILES string of the molecule is CC1=C(/c2ccc3ccccc3c2)C2=CCCC=C(C2)/C(c2ccc3ccccc3c2)=C/C=C/C(B2OC(C)(C)C(C)(C)O2)=C\1. The zero-order valence-electron chi connectivity index (χ0n) is 27.1. The minimum atomic E-state index is -0.465. The van der Waals surface area contributed by atoms with Gasteiger partial charge in [-0.3, -0.25) is 0 Å². The first-order valence-corrected chi connectivity index (χ1v) is 16.2. The summed E-state index contributed by atoms with van der Waals surface area (Å²) in [6.07, 6.45) is 16.8. The van der Waals surface area contributed by atoms with Crippen LogP contribution in [-0.2, 0) is 9.31 Å². The number of benzene rings is 4. The molecule has 7 rings (SSSR count). The first kappa shape index (κ1) is 29.5. The summed E-state index contributed by atoms with van der Waals surface area (Å²) in [5.74, 6) is 0. The van der Waals surface area contributed by atoms with Crippen LogP contribution in [0.2, 0.25) is 0 Å². The lowest BCUT2D eigenvalue weighted by Crippen LogP contribution is -2.41. The van der Waals surface area contributed by atoms with Crippen molar-refractivity contribution in [3.05, 3.63) is 155 Å². The monoisotopic (exact) mass is 588 g/mol. The van der Waals surface area contributed by atoms with Crippen molar-refractivity contribution in [3.63, 3.8) is 0 Å². The first-order valence-electron chi connectivity index (χ1n) is 16.2. The third-order valence-electron chi connectivity index (χ3n) is 9.95. The maximum Gasteiger partial charge on any atom is 0.494 e. The van der Waals surface area contributed by atoms with Gasteiger partial charge in [0.1, 0.15) is 0 Å². The summed E-state index contributed by atoms with van der Waals surface area (Å²) in [7, 11) is -0.465. The highest BCUT2D eigenvalue weighted by molar-refractivity contribution is 6.55. The van der Waals surface area contributed by atoms with E-state index in [0.717, 1.165) is 24.7 Å². The van der Waals surface area contributed by atoms with Gasteiger partial charge in [-0.25, -0.2) is 0 Å². The molecule has 0 amide bonds. The highest BCUT2D eigenvalue weighted by Gasteiger charge is 2.52. The molecule has 0 atom stereocenters. The van der Waals surface area contributed by atoms with Crippen molar-refractivity contribution < 1.29 is 9.31 Å². The maximum atomic E-state index is 6.61. The minimum absolute atomic E-state index is 0.425. The fraction of sp³-hybridized carbons (Fsp3) is 0.238. The molecule has 1 saturated heterocycles. The Morgan fingerprint density at radius 3 is 1.84 bits per heavy atom. The minimum Gasteiger partial charge on any atom is -0.399 e. The van der Waals surface area contributed by atoms with Gasteiger partial charge in [0.05, 0.1) is 11.2 Å². The van der Waals surface area contributed by atoms with E-state index in [1.807, 2.05) is 0 Å². The van der Waals surface area contributed by atoms with E-state index in [1.54, 1.807) is 0 Å². The van der Waals surface area contributed by atoms with Gasteiger partial charge in [0.2, 0.25) is 0 Å². The average Bonchev–Trinajstić information content (AvgIpc) is 3.16. The van der Waals surface area contributed by atoms with Gasteiger partial charge in [-0.15, -0.1) is 0 Å². The molecule has 0 aromatic heterocycles. The standard InChI is InChI=1S/C42H41BO2/c1-29-25-38(43-44-41(2,3)42(4,5)45-43)19-12-20-39(35-23-21-30-13-6-8-15-32(30)26-35)34-17-10-11-18-36(28-34)40(29)37-24-22-31-14-7-9-16-33(31)27-37/h6-9,12-27H,10-11,28H2,1-5H3/b19-12+,38-25+,39-20-,40-29-. The van der Waals surface area contributed by atoms with Crippen molar-refractivity contribution in [2.45, 2.75) is 65.1 Å². The molecule has 1 aliphatic heterocycles. The number of allylic oxidation sites excluding steroid dienone is 12. The maximum absolute atomic E-state index is 6.61. The number of hydrogen-bond acceptors (Lipinski definition) is 2. The second-order valence-corrected chi connectivity index (χ2v) is 13.6. The Morgan fingerprint density at radius 2 is 1.20 bits per heavy atom. The topological polar surface area (TPSA) is 18.5 Å². The van der Waals surface area contributed by atoms with E-state index in [9.17, 15) is 0 Å². The molecule has 1 fully saturated rings. The molecule has 2 bridgehead atoms. The van der Waals surface area contributed by atoms with Gasteiger partial charge in [-0.05, 0) is 132 Å². The van der Waals surface area contributed by atoms with Crippen LogP contribution >= 0.6 is 0 Å². The molecule has 0 saturated carbocycles. The predicted molar refractivity (Wildman–Crippen MR) is 192 cm³/mol. The quantitative estimate of drug-likeness (QED) is 0.222. The van der Waals surface area contributed by atoms with Crippen molar-refractivity contribution in [1.82, 2.24) is 0 Å². The fourth-order valence-corrected chi connectivity index (χ4v) is 6.77. The number of rotatable bonds is 3. The Labute approximate surface area is 268 Å². The predicted octanol–water partition coefficient (Wildman–Crippen LogP) is 11.0. The average molecular weight is 589 g/mol. The molecule has 3 heteroatoms. The lowest BCUT2D eigenvalue weighted by molar-refractivity contribution is 0.00578. The molecule has 45 heavy (non-hydrogen) atoms. The summed E-state index contributed by atoms with van der Waals surface area (Å²) in [6, 6.07) is 31.0. The Kier molecular flexibility index (Phi) is 7.64. The molecule has 0 spiro atoms. The van der Waals surface area contributed by atoms with Crippen LogP contribution in [0.1, 0.15) is 65.0 Å². The zero-order valence-corrected chi connectivity index (χ0v) is 27.1. The molecule has 2 aliphatic carbocycles. The lowest BCUT2D eigenvalue weighted by Gasteiger charge is -2.32. The summed E-state index contributed by atoms with van der Waals surface area (Å²) >= 11 is 0. The molecule has 0 unspecified atom stereocenters. The van der Waals surface area contributed by atoms with Gasteiger partial charge < -0.3 is 9.31 Å². The normalized spacial score (nSPS) is 24.5. The van der Waals surface area contributed by atoms with E-state index < -0.39 is 18.3 Å². The van der Waals surface area contributed by atoms with Crippen molar-refractivity contribution in [2.75, 3.05) is 0 Å². The van der Waals surface area contributed by atoms with Crippen LogP contribution in [0.5, 0.6) is 0 Å². The van der Waals surface area contributed by atoms with E-state index in [0.29, 0.717) is 0 Å². The smallest absolute Gasteiger partial charge is 0.399 e. The van der Waals surface area contributed by atoms with Gasteiger partial charge in [0.15, 0.2) is 0 Å². The van der Waals surface area contributed by atoms with Crippen LogP contribution in [0, 0.1) is 0 Å². The molecule has 0 radical (unpaired) electrons. The molecule has 4 aromatic carbocycles. The summed E-state index contributed by atoms with van der Waals surface area (Å²) in [5.41, 5.74) is 9.13. The first-order chi connectivity index (χ1) is 21.7. The van der Waals surface area contributed by atoms with Crippen LogP contribution in [0.3, 0.4) is 0 Å². The molecule has 1 heterocycles. The van der Waals surface area contributed by atoms with E-state index in [4.69, 9.17) is 9.31 Å². The summed E-state index contributed by atoms with van der Waals surface area (Å²) in [4.78, 5) is 0. The molecule has 2 nitrogen and oxygen atoms in total. The lowest BCUT2D eigenvalue weighted by atomic mass is 9.76. The van der Waals surface area contributed by atoms with E-state index in [1.165, 1.54) is 60.5 Å². The largest absolute Gasteiger partial charge is 0.494 e. The molecule has 224 valence electrons. The molecular formula is C42H41BO2. The van der Waals surface area contributed by atoms with Crippen molar-refractivity contribution in [2.24, 2.45) is 0 Å². The van der Waals surface area contributed by atoms with Crippen molar-refractivity contribution in [1.29, 1.82) is 0 Å². The summed E-state index contributed by atoms with van der Waals surface area (Å²) in [5, 5.41) is 5.02. The Balaban J connectivity index is 1.42. The Hall–Kier alpha value is -4.18. The zero-order chi connectivity index (χ0) is 31.2. The van der Waals surface area contributed by atoms with Gasteiger partial charge in [0.25, 0.3) is 0 Å². The molecule has 3 aliphatic rings. The van der Waals surface area contributed by atoms with E-state index in [2.05, 4.69) is 156 Å². The van der Waals surface area contributed by atoms with E-state index >= 15 is 0 Å². The van der Waals surface area contributed by atoms with Crippen molar-refractivity contribution in [3.8, 4) is 0 Å². The van der Waals surface area contributed by atoms with Gasteiger partial charge >= 0.3 is 7.12 Å². The van der Waals surface area contributed by atoms with Crippen LogP contribution in [-0.4, -0.2) is 18.3 Å². The molecule has 0 N–H and O–H groups in total. The second-order valence-electron chi connectivity index (χ2n) is 13.6. The second kappa shape index (κ2) is 11.6. The Morgan fingerprint density at radius 1 is 0.644 bits per heavy atom. The van der Waals surface area contributed by atoms with Crippen LogP contribution in [0.25, 0.3) is 32.7 Å². The van der Waals surface area contributed by atoms with Gasteiger partial charge in [-0.2, -0.15) is 0 Å². The fourth-order valence-electron chi connectivity index (χ4n) is 6.77. The van der Waals surface area contributed by atoms with Gasteiger partial charge in [-0.1, -0.05) is 109 Å². The Bertz CT molecular complexity index is 1980. The van der Waals surface area contributed by atoms with Crippen molar-refractivity contribution >= 4 is 39.8 Å². The third kappa shape index (κ3) is 5.72. The van der Waals surface area contributed by atoms with Crippen LogP contribution < -0.4 is 0 Å². The van der Waals surface area contributed by atoms with E-state index in [-0.39, 0.29) is 0 Å². The summed E-state index contributed by atoms with van der Waals surface area (Å²) in [6.45, 7) is 10.7. The number of fused-ring (bicyclic) bond motifs is 4. The molecule has 4 aromatic rings. The summed E-state index contributed by atoms with van der Waals surface area (Å²) < 4.78 is 13.2.